The lowest BCUT2D eigenvalue weighted by Crippen LogP contribution is -2.36. The smallest absolute Gasteiger partial charge is 0.404 e. The van der Waals surface area contributed by atoms with Gasteiger partial charge in [0.2, 0.25) is 5.91 Å². The van der Waals surface area contributed by atoms with Crippen LogP contribution in [-0.2, 0) is 9.53 Å². The fourth-order valence-corrected chi connectivity index (χ4v) is 4.91. The molecule has 0 spiro atoms. The van der Waals surface area contributed by atoms with E-state index in [2.05, 4.69) is 33.1 Å². The summed E-state index contributed by atoms with van der Waals surface area (Å²) in [6, 6.07) is 4.39. The van der Waals surface area contributed by atoms with Crippen molar-refractivity contribution in [3.8, 4) is 17.6 Å². The van der Waals surface area contributed by atoms with Crippen LogP contribution in [0.3, 0.4) is 0 Å². The van der Waals surface area contributed by atoms with Crippen molar-refractivity contribution in [1.82, 2.24) is 5.32 Å². The molecule has 41 heavy (non-hydrogen) atoms. The van der Waals surface area contributed by atoms with Gasteiger partial charge in [0.1, 0.15) is 11.9 Å². The molecule has 8 nitrogen and oxygen atoms in total. The summed E-state index contributed by atoms with van der Waals surface area (Å²) in [6.07, 6.45) is 13.6. The largest absolute Gasteiger partial charge is 0.507 e. The topological polar surface area (TPSA) is 148 Å². The molecule has 1 aliphatic heterocycles. The molecule has 1 aromatic rings. The van der Waals surface area contributed by atoms with E-state index in [1.165, 1.54) is 6.08 Å². The molecular weight excluding hydrogens is 586 g/mol. The van der Waals surface area contributed by atoms with Gasteiger partial charge in [-0.25, -0.2) is 4.79 Å². The number of aliphatic hydroxyl groups is 1. The van der Waals surface area contributed by atoms with Crippen molar-refractivity contribution in [2.24, 2.45) is 28.7 Å². The van der Waals surface area contributed by atoms with Gasteiger partial charge in [0.25, 0.3) is 0 Å². The van der Waals surface area contributed by atoms with Crippen LogP contribution in [-0.4, -0.2) is 40.4 Å². The van der Waals surface area contributed by atoms with Crippen LogP contribution in [0.5, 0.6) is 5.75 Å². The molecule has 1 aromatic carbocycles. The highest BCUT2D eigenvalue weighted by atomic mass is 79.9. The Labute approximate surface area is 251 Å². The number of carbonyl (C=O) groups excluding carboxylic acids is 2. The van der Waals surface area contributed by atoms with Crippen molar-refractivity contribution in [3.63, 3.8) is 0 Å². The number of phenolic OH excluding ortho intramolecular Hbond substituents is 1. The van der Waals surface area contributed by atoms with Crippen molar-refractivity contribution >= 4 is 27.9 Å². The Hall–Kier alpha value is -3.32. The summed E-state index contributed by atoms with van der Waals surface area (Å²) >= 11 is 3.34. The third kappa shape index (κ3) is 11.6. The number of phenols is 1. The average Bonchev–Trinajstić information content (AvgIpc) is 2.88. The van der Waals surface area contributed by atoms with Gasteiger partial charge in [-0.05, 0) is 76.9 Å². The third-order valence-corrected chi connectivity index (χ3v) is 7.75. The van der Waals surface area contributed by atoms with Crippen LogP contribution >= 0.6 is 15.9 Å². The molecule has 6 atom stereocenters. The maximum absolute atomic E-state index is 12.6. The van der Waals surface area contributed by atoms with Gasteiger partial charge in [-0.3, -0.25) is 4.79 Å². The van der Waals surface area contributed by atoms with E-state index in [1.807, 2.05) is 52.0 Å². The molecule has 9 heteroatoms. The summed E-state index contributed by atoms with van der Waals surface area (Å²) in [5.74, 6) is 5.79. The highest BCUT2D eigenvalue weighted by Crippen LogP contribution is 2.40. The number of hydrogen-bond donors (Lipinski definition) is 5. The highest BCUT2D eigenvalue weighted by Gasteiger charge is 2.28. The third-order valence-electron chi connectivity index (χ3n) is 6.88. The lowest BCUT2D eigenvalue weighted by molar-refractivity contribution is -0.117. The van der Waals surface area contributed by atoms with Crippen molar-refractivity contribution in [2.75, 3.05) is 0 Å². The molecule has 0 saturated carbocycles. The predicted molar refractivity (Wildman–Crippen MR) is 165 cm³/mol. The van der Waals surface area contributed by atoms with Gasteiger partial charge in [0, 0.05) is 11.5 Å². The van der Waals surface area contributed by atoms with E-state index < -0.39 is 23.7 Å². The molecule has 2 amide bonds. The molecule has 1 aliphatic rings. The first kappa shape index (κ1) is 33.9. The standard InChI is InChI=1S/C32H42BrN3O5/c1-21-16-17-22(2)26(36-28(38)15-9-11-23(34)20-24(19-21)41-31(35)40)13-7-5-6-8-18-32(3,4)30(39)25-12-10-14-27(37)29(25)33/h7-10,12-18,21-24,26,30,37,39H,11,19-20,34H2,1-4H3,(H2,35,40)(H,36,38)/b13-7+,15-9-,17-16+,18-8+/t21-,22-,23+,24-,26+,30+/m1/s1. The number of hydrogen-bond acceptors (Lipinski definition) is 6. The second-order valence-corrected chi connectivity index (χ2v) is 11.9. The van der Waals surface area contributed by atoms with Crippen LogP contribution in [0, 0.1) is 29.1 Å². The Morgan fingerprint density at radius 3 is 2.63 bits per heavy atom. The Balaban J connectivity index is 2.15. The Kier molecular flexibility index (Phi) is 13.4. The molecule has 1 heterocycles. The fourth-order valence-electron chi connectivity index (χ4n) is 4.43. The van der Waals surface area contributed by atoms with E-state index in [-0.39, 0.29) is 35.6 Å². The molecule has 0 fully saturated rings. The first-order chi connectivity index (χ1) is 19.3. The number of amides is 2. The zero-order valence-corrected chi connectivity index (χ0v) is 25.7. The number of halogens is 1. The number of ether oxygens (including phenoxy) is 1. The number of allylic oxidation sites excluding steroid dienone is 3. The average molecular weight is 629 g/mol. The van der Waals surface area contributed by atoms with E-state index in [0.29, 0.717) is 29.3 Å². The molecule has 0 aliphatic carbocycles. The molecule has 0 bridgehead atoms. The molecule has 2 rings (SSSR count). The quantitative estimate of drug-likeness (QED) is 0.224. The summed E-state index contributed by atoms with van der Waals surface area (Å²) in [4.78, 5) is 23.9. The second-order valence-electron chi connectivity index (χ2n) is 11.1. The van der Waals surface area contributed by atoms with Crippen molar-refractivity contribution in [1.29, 1.82) is 0 Å². The number of nitrogens with one attached hydrogen (secondary N) is 1. The molecule has 7 N–H and O–H groups in total. The second kappa shape index (κ2) is 16.2. The summed E-state index contributed by atoms with van der Waals surface area (Å²) in [5.41, 5.74) is 11.4. The number of carbonyl (C=O) groups is 2. The number of benzene rings is 1. The van der Waals surface area contributed by atoms with Crippen LogP contribution in [0.1, 0.15) is 58.6 Å². The van der Waals surface area contributed by atoms with Crippen LogP contribution in [0.2, 0.25) is 0 Å². The minimum Gasteiger partial charge on any atom is -0.507 e. The van der Waals surface area contributed by atoms with Gasteiger partial charge in [-0.1, -0.05) is 82.0 Å². The first-order valence-electron chi connectivity index (χ1n) is 13.7. The molecule has 0 unspecified atom stereocenters. The maximum Gasteiger partial charge on any atom is 0.404 e. The first-order valence-corrected chi connectivity index (χ1v) is 14.5. The number of nitrogens with two attached hydrogens (primary N) is 2. The monoisotopic (exact) mass is 627 g/mol. The van der Waals surface area contributed by atoms with Crippen LogP contribution in [0.15, 0.2) is 71.3 Å². The number of rotatable bonds is 5. The Morgan fingerprint density at radius 1 is 1.22 bits per heavy atom. The summed E-state index contributed by atoms with van der Waals surface area (Å²) in [5, 5.41) is 23.8. The van der Waals surface area contributed by atoms with E-state index in [9.17, 15) is 19.8 Å². The van der Waals surface area contributed by atoms with Gasteiger partial charge in [0.15, 0.2) is 0 Å². The summed E-state index contributed by atoms with van der Waals surface area (Å²) in [7, 11) is 0. The van der Waals surface area contributed by atoms with Gasteiger partial charge in [-0.15, -0.1) is 0 Å². The molecule has 0 saturated heterocycles. The van der Waals surface area contributed by atoms with Crippen molar-refractivity contribution in [2.45, 2.75) is 71.2 Å². The van der Waals surface area contributed by atoms with Crippen molar-refractivity contribution < 1.29 is 24.5 Å². The van der Waals surface area contributed by atoms with Gasteiger partial charge < -0.3 is 31.7 Å². The van der Waals surface area contributed by atoms with E-state index in [0.717, 1.165) is 0 Å². The van der Waals surface area contributed by atoms with Crippen LogP contribution in [0.4, 0.5) is 4.79 Å². The van der Waals surface area contributed by atoms with E-state index in [4.69, 9.17) is 16.2 Å². The predicted octanol–water partition coefficient (Wildman–Crippen LogP) is 5.17. The highest BCUT2D eigenvalue weighted by molar-refractivity contribution is 9.10. The lowest BCUT2D eigenvalue weighted by Gasteiger charge is -2.28. The van der Waals surface area contributed by atoms with Crippen LogP contribution < -0.4 is 16.8 Å². The van der Waals surface area contributed by atoms with Crippen LogP contribution in [0.25, 0.3) is 0 Å². The van der Waals surface area contributed by atoms with E-state index >= 15 is 0 Å². The molecule has 0 radical (unpaired) electrons. The minimum atomic E-state index is -0.868. The van der Waals surface area contributed by atoms with E-state index in [1.54, 1.807) is 36.4 Å². The molecular formula is C32H42BrN3O5. The Bertz CT molecular complexity index is 1230. The van der Waals surface area contributed by atoms with Crippen molar-refractivity contribution in [3.05, 3.63) is 76.8 Å². The summed E-state index contributed by atoms with van der Waals surface area (Å²) < 4.78 is 5.74. The summed E-state index contributed by atoms with van der Waals surface area (Å²) in [6.45, 7) is 7.78. The molecule has 222 valence electrons. The lowest BCUT2D eigenvalue weighted by atomic mass is 9.82. The van der Waals surface area contributed by atoms with Gasteiger partial charge in [-0.2, -0.15) is 0 Å². The van der Waals surface area contributed by atoms with Gasteiger partial charge in [0.05, 0.1) is 16.6 Å². The Morgan fingerprint density at radius 2 is 1.93 bits per heavy atom. The zero-order valence-electron chi connectivity index (χ0n) is 24.1. The SMILES string of the molecule is C[C@@H]1/C=C/[C@@H](C)[C@H](/C=C/C#C/C=C/C(C)(C)[C@@H](O)c2cccc(O)c2Br)NC(=O)/C=C\C[C@H](N)C[C@H](OC(N)=O)C1. The number of aliphatic hydroxyl groups excluding tert-OH is 1. The van der Waals surface area contributed by atoms with Gasteiger partial charge >= 0.3 is 6.09 Å². The normalized spacial score (nSPS) is 26.8. The zero-order chi connectivity index (χ0) is 30.6. The number of primary amides is 1. The minimum absolute atomic E-state index is 0.0427. The molecule has 0 aromatic heterocycles. The fraction of sp³-hybridized carbons (Fsp3) is 0.438. The maximum atomic E-state index is 12.6. The number of aromatic hydroxyl groups is 1.